The summed E-state index contributed by atoms with van der Waals surface area (Å²) in [7, 11) is 33.6. The van der Waals surface area contributed by atoms with Crippen molar-refractivity contribution in [1.29, 1.82) is 0 Å². The van der Waals surface area contributed by atoms with Crippen molar-refractivity contribution in [3.05, 3.63) is 136 Å². The third-order valence-electron chi connectivity index (χ3n) is 24.9. The van der Waals surface area contributed by atoms with Gasteiger partial charge in [-0.15, -0.1) is 0 Å². The van der Waals surface area contributed by atoms with Gasteiger partial charge in [-0.1, -0.05) is 37.3 Å². The molecular weight excluding hydrogens is 2010 g/mol. The molecule has 726 valence electrons. The minimum atomic E-state index is -0.459. The maximum absolute atomic E-state index is 12.0. The number of furan rings is 3. The van der Waals surface area contributed by atoms with Gasteiger partial charge in [-0.25, -0.2) is 24.9 Å². The molecular formula is C96H146Br5F2N15O11S. The van der Waals surface area contributed by atoms with Crippen molar-refractivity contribution >= 4 is 148 Å². The van der Waals surface area contributed by atoms with Gasteiger partial charge in [0.15, 0.2) is 11.6 Å². The molecule has 2 saturated heterocycles. The van der Waals surface area contributed by atoms with E-state index in [1.165, 1.54) is 77.3 Å². The van der Waals surface area contributed by atoms with Crippen LogP contribution in [0.15, 0.2) is 119 Å². The highest BCUT2D eigenvalue weighted by atomic mass is 79.9. The number of aryl methyl sites for hydroxylation is 3. The molecule has 3 atom stereocenters. The van der Waals surface area contributed by atoms with Gasteiger partial charge in [-0.2, -0.15) is 8.28 Å². The minimum Gasteiger partial charge on any atom is -0.442 e. The van der Waals surface area contributed by atoms with Crippen LogP contribution in [0.25, 0.3) is 33.3 Å². The lowest BCUT2D eigenvalue weighted by atomic mass is 9.89. The number of oxime groups is 2. The molecule has 0 aromatic carbocycles. The van der Waals surface area contributed by atoms with Crippen molar-refractivity contribution in [1.82, 2.24) is 64.5 Å². The van der Waals surface area contributed by atoms with Gasteiger partial charge in [0.1, 0.15) is 51.9 Å². The van der Waals surface area contributed by atoms with Gasteiger partial charge in [-0.05, 0) is 363 Å². The van der Waals surface area contributed by atoms with Crippen molar-refractivity contribution in [3.8, 4) is 5.88 Å². The van der Waals surface area contributed by atoms with Crippen LogP contribution in [0.2, 0.25) is 0 Å². The largest absolute Gasteiger partial charge is 0.442 e. The van der Waals surface area contributed by atoms with E-state index in [0.717, 1.165) is 225 Å². The second kappa shape index (κ2) is 57.7. The van der Waals surface area contributed by atoms with E-state index in [2.05, 4.69) is 271 Å². The molecule has 7 fully saturated rings. The molecule has 10 aliphatic rings. The fraction of sp³-hybridized carbons (Fsp3) is 0.635. The first kappa shape index (κ1) is 114. The Morgan fingerprint density at radius 2 is 0.700 bits per heavy atom. The lowest BCUT2D eigenvalue weighted by Gasteiger charge is -2.37. The van der Waals surface area contributed by atoms with Gasteiger partial charge < -0.3 is 81.9 Å². The number of ether oxygens (including phenoxy) is 4. The van der Waals surface area contributed by atoms with Crippen molar-refractivity contribution in [2.45, 2.75) is 255 Å². The van der Waals surface area contributed by atoms with Gasteiger partial charge >= 0.3 is 0 Å². The summed E-state index contributed by atoms with van der Waals surface area (Å²) in [5, 5.41) is 22.2. The molecule has 8 aromatic heterocycles. The van der Waals surface area contributed by atoms with E-state index in [9.17, 15) is 17.9 Å². The van der Waals surface area contributed by atoms with Gasteiger partial charge in [0.25, 0.3) is 0 Å². The quantitative estimate of drug-likeness (QED) is 0.0772. The Labute approximate surface area is 818 Å². The summed E-state index contributed by atoms with van der Waals surface area (Å²) in [6, 6.07) is 27.0. The fourth-order valence-electron chi connectivity index (χ4n) is 17.2. The molecule has 0 amide bonds. The molecule has 26 nitrogen and oxygen atoms in total. The van der Waals surface area contributed by atoms with Crippen LogP contribution in [-0.4, -0.2) is 287 Å². The summed E-state index contributed by atoms with van der Waals surface area (Å²) in [5.74, 6) is 3.69. The Kier molecular flexibility index (Phi) is 50.4. The lowest BCUT2D eigenvalue weighted by molar-refractivity contribution is -0.182. The number of hydrogen-bond acceptors (Lipinski definition) is 27. The molecule has 1 unspecified atom stereocenters. The van der Waals surface area contributed by atoms with Crippen LogP contribution in [0.4, 0.5) is 8.28 Å². The fourth-order valence-corrected chi connectivity index (χ4v) is 18.7. The number of Topliss-reactive ketones (excluding diaryl/α,β-unsaturated/α-hetero) is 2. The van der Waals surface area contributed by atoms with E-state index >= 15 is 0 Å². The number of pyridine rings is 5. The zero-order chi connectivity index (χ0) is 93.2. The van der Waals surface area contributed by atoms with Crippen molar-refractivity contribution in [2.24, 2.45) is 10.3 Å². The average Bonchev–Trinajstić information content (AvgIpc) is 1.64. The van der Waals surface area contributed by atoms with Crippen LogP contribution in [-0.2, 0) is 67.1 Å². The van der Waals surface area contributed by atoms with Crippen LogP contribution in [0, 0.1) is 5.95 Å². The SMILES string of the molecule is C.C.CN(C)C1CCC(=NO)CC1.CN(C)C1CCC(=NOc2cccc(Br)n2)CC1.CN(C)C1CCC(=O)CC1.CN(C)C1CCC2(CC1)OCCO2.CN(C)C1CCc2oc3nc(Br)ccc3c2C1.CN(C)[C@@H]1CCc2oc3nc(Br)ccc3c2C1.CN(C)[C@H]1CCc2oc3nc(Br)ccc3c2C1.CNC.CSF.Fc1cccc(Br)n1.O=C1CCC2(CC1)OCCO2. The predicted octanol–water partition coefficient (Wildman–Crippen LogP) is 20.9. The van der Waals surface area contributed by atoms with E-state index in [0.29, 0.717) is 84.4 Å². The molecule has 34 heteroatoms. The monoisotopic (exact) mass is 2150 g/mol. The Hall–Kier alpha value is -5.22. The van der Waals surface area contributed by atoms with Crippen LogP contribution in [0.1, 0.15) is 197 Å². The van der Waals surface area contributed by atoms with Crippen molar-refractivity contribution < 1.29 is 60.1 Å². The molecule has 10 heterocycles. The third kappa shape index (κ3) is 36.4. The Bertz CT molecular complexity index is 4450. The second-order valence-corrected chi connectivity index (χ2v) is 39.6. The van der Waals surface area contributed by atoms with Crippen molar-refractivity contribution in [3.63, 3.8) is 0 Å². The standard InChI is InChI=1S/C13H18BrN3O.3C13H15BrN2O.C10H19NO2.C8H16N2O.C8H15NO.C8H12O3.C5H3BrFN.C2H7N.CH3FS.2CH4/c1-17(2)11-8-6-10(7-9-11)16-18-13-5-3-4-12(14)15-13;3*1-16(2)8-3-5-11-10(7-8)9-4-6-12(14)15-13(9)17-11;1-11(2)9-3-5-10(6-4-9)12-7-8-13-10;1-10(2)8-5-3-7(9-11)4-6-8;1-9(2)7-3-5-8(10)6-4-7;9-7-1-3-8(4-2-7)10-5-6-11-8;6-4-2-1-3-5(7)8-4;2*1-3-2;;/h3-5,11H,6-9H2,1-2H3;3*4,6,8H,3,5,7H2,1-2H3;9H,3-8H2,1-2H3;8,11H,3-6H2,1-2H3;7H,3-6H2,1-2H3;1-6H2;1-3H;3H,1-2H3;1H3;2*1H4/t;2*8-;;;;;;;;;;/m.10........../s1. The Morgan fingerprint density at radius 3 is 1.02 bits per heavy atom. The molecule has 8 aliphatic carbocycles. The zero-order valence-electron chi connectivity index (χ0n) is 78.1. The maximum atomic E-state index is 12.0. The number of rotatable bonds is 9. The molecule has 2 N–H and O–H groups in total. The summed E-state index contributed by atoms with van der Waals surface area (Å²) in [5.41, 5.74) is 8.45. The minimum absolute atomic E-state index is 0. The number of nitrogens with one attached hydrogen (secondary N) is 1. The number of ketones is 2. The summed E-state index contributed by atoms with van der Waals surface area (Å²) in [6.07, 6.45) is 30.7. The zero-order valence-corrected chi connectivity index (χ0v) is 86.9. The topological polar surface area (TPSA) is 264 Å². The van der Waals surface area contributed by atoms with E-state index in [-0.39, 0.29) is 38.6 Å². The van der Waals surface area contributed by atoms with Crippen LogP contribution < -0.4 is 10.2 Å². The number of aromatic nitrogens is 5. The summed E-state index contributed by atoms with van der Waals surface area (Å²) in [4.78, 5) is 63.8. The van der Waals surface area contributed by atoms with Gasteiger partial charge in [0, 0.05) is 170 Å². The third-order valence-corrected chi connectivity index (χ3v) is 27.1. The number of carbonyl (C=O) groups excluding carboxylic acids is 2. The number of hydrogen-bond donors (Lipinski definition) is 2. The van der Waals surface area contributed by atoms with E-state index in [4.69, 9.17) is 42.2 Å². The molecule has 2 aliphatic heterocycles. The van der Waals surface area contributed by atoms with Crippen LogP contribution in [0.3, 0.4) is 0 Å². The summed E-state index contributed by atoms with van der Waals surface area (Å²) < 4.78 is 65.8. The second-order valence-electron chi connectivity index (χ2n) is 35.3. The summed E-state index contributed by atoms with van der Waals surface area (Å²) >= 11 is 16.7. The molecule has 5 saturated carbocycles. The predicted molar refractivity (Wildman–Crippen MR) is 539 cm³/mol. The van der Waals surface area contributed by atoms with Gasteiger partial charge in [-0.3, -0.25) is 9.59 Å². The van der Waals surface area contributed by atoms with Gasteiger partial charge in [0.05, 0.1) is 37.9 Å². The first-order chi connectivity index (χ1) is 61.2. The number of fused-ring (bicyclic) bond motifs is 9. The molecule has 8 aromatic rings. The van der Waals surface area contributed by atoms with Crippen LogP contribution in [0.5, 0.6) is 5.88 Å². The smallest absolute Gasteiger partial charge is 0.249 e. The molecule has 130 heavy (non-hydrogen) atoms. The maximum Gasteiger partial charge on any atom is 0.249 e. The van der Waals surface area contributed by atoms with Crippen LogP contribution >= 0.6 is 91.8 Å². The summed E-state index contributed by atoms with van der Waals surface area (Å²) in [6.45, 7) is 2.95. The number of carbonyl (C=O) groups is 2. The number of halogens is 7. The first-order valence-corrected chi connectivity index (χ1v) is 49.8. The van der Waals surface area contributed by atoms with Crippen molar-refractivity contribution in [2.75, 3.05) is 145 Å². The Morgan fingerprint density at radius 1 is 0.408 bits per heavy atom. The molecule has 2 spiro atoms. The molecule has 18 rings (SSSR count). The molecule has 0 bridgehead atoms. The van der Waals surface area contributed by atoms with Gasteiger partial charge in [0.2, 0.25) is 29.0 Å². The number of nitrogens with zero attached hydrogens (tertiary/aromatic N) is 14. The van der Waals surface area contributed by atoms with E-state index in [1.54, 1.807) is 18.2 Å². The highest BCUT2D eigenvalue weighted by Gasteiger charge is 2.42. The number of likely N-dealkylation sites (N-methyl/N-ethyl adjacent to an activating group) is 3. The Balaban J connectivity index is 0.000000225. The molecule has 0 radical (unpaired) electrons. The van der Waals surface area contributed by atoms with E-state index < -0.39 is 5.95 Å². The average molecular weight is 2160 g/mol. The van der Waals surface area contributed by atoms with E-state index in [1.807, 2.05) is 44.4 Å². The first-order valence-electron chi connectivity index (χ1n) is 44.7. The highest BCUT2D eigenvalue weighted by molar-refractivity contribution is 9.11. The highest BCUT2D eigenvalue weighted by Crippen LogP contribution is 2.40. The normalized spacial score (nSPS) is 20.7. The lowest BCUT2D eigenvalue weighted by Crippen LogP contribution is -2.41.